The molecule has 0 atom stereocenters. The zero-order valence-corrected chi connectivity index (χ0v) is 16.2. The Bertz CT molecular complexity index is 726. The van der Waals surface area contributed by atoms with E-state index in [0.717, 1.165) is 18.4 Å². The summed E-state index contributed by atoms with van der Waals surface area (Å²) in [4.78, 5) is 12.7. The van der Waals surface area contributed by atoms with E-state index in [1.807, 2.05) is 13.8 Å². The monoisotopic (exact) mass is 383 g/mol. The van der Waals surface area contributed by atoms with Crippen LogP contribution in [0.1, 0.15) is 50.7 Å². The highest BCUT2D eigenvalue weighted by Gasteiger charge is 2.50. The third-order valence-corrected chi connectivity index (χ3v) is 5.94. The Balaban J connectivity index is 1.99. The first-order valence-corrected chi connectivity index (χ1v) is 9.33. The Labute approximate surface area is 158 Å². The van der Waals surface area contributed by atoms with Gasteiger partial charge in [-0.25, -0.2) is 0 Å². The number of ether oxygens (including phenoxy) is 1. The zero-order chi connectivity index (χ0) is 18.4. The molecule has 6 heteroatoms. The van der Waals surface area contributed by atoms with E-state index in [2.05, 4.69) is 12.2 Å². The van der Waals surface area contributed by atoms with E-state index < -0.39 is 5.54 Å². The first kappa shape index (κ1) is 18.6. The number of benzene rings is 1. The van der Waals surface area contributed by atoms with Crippen LogP contribution in [0.4, 0.5) is 0 Å². The summed E-state index contributed by atoms with van der Waals surface area (Å²) < 4.78 is 5.85. The summed E-state index contributed by atoms with van der Waals surface area (Å²) >= 11 is 12.4. The van der Waals surface area contributed by atoms with E-state index in [0.29, 0.717) is 35.1 Å². The molecule has 2 aliphatic rings. The van der Waals surface area contributed by atoms with Crippen LogP contribution in [0.3, 0.4) is 0 Å². The molecule has 1 saturated carbocycles. The van der Waals surface area contributed by atoms with Crippen LogP contribution in [0.2, 0.25) is 10.0 Å². The molecular weight excluding hydrogens is 361 g/mol. The zero-order valence-electron chi connectivity index (χ0n) is 14.7. The van der Waals surface area contributed by atoms with Crippen LogP contribution >= 0.6 is 23.2 Å². The van der Waals surface area contributed by atoms with Crippen LogP contribution in [0.15, 0.2) is 17.9 Å². The van der Waals surface area contributed by atoms with Gasteiger partial charge in [-0.05, 0) is 64.2 Å². The number of carbonyl (C=O) groups is 1. The van der Waals surface area contributed by atoms with Crippen molar-refractivity contribution in [3.05, 3.63) is 39.1 Å². The van der Waals surface area contributed by atoms with Crippen LogP contribution in [0.5, 0.6) is 0 Å². The summed E-state index contributed by atoms with van der Waals surface area (Å²) in [6, 6.07) is 3.34. The first-order valence-electron chi connectivity index (χ1n) is 8.57. The second-order valence-electron chi connectivity index (χ2n) is 7.22. The molecule has 1 aromatic carbocycles. The van der Waals surface area contributed by atoms with Crippen molar-refractivity contribution >= 4 is 34.7 Å². The van der Waals surface area contributed by atoms with Crippen LogP contribution in [0, 0.1) is 6.92 Å². The Morgan fingerprint density at radius 3 is 2.44 bits per heavy atom. The van der Waals surface area contributed by atoms with Crippen LogP contribution < -0.4 is 5.32 Å². The van der Waals surface area contributed by atoms with Crippen molar-refractivity contribution in [2.75, 3.05) is 6.61 Å². The molecule has 0 aromatic heterocycles. The summed E-state index contributed by atoms with van der Waals surface area (Å²) in [5, 5.41) is 14.8. The molecule has 0 saturated heterocycles. The number of rotatable bonds is 3. The van der Waals surface area contributed by atoms with E-state index in [9.17, 15) is 9.90 Å². The largest absolute Gasteiger partial charge is 0.509 e. The number of aryl methyl sites for hydroxylation is 1. The summed E-state index contributed by atoms with van der Waals surface area (Å²) in [6.45, 7) is 6.55. The minimum absolute atomic E-state index is 0.0865. The predicted molar refractivity (Wildman–Crippen MR) is 100 cm³/mol. The van der Waals surface area contributed by atoms with Gasteiger partial charge in [0.05, 0.1) is 21.7 Å². The van der Waals surface area contributed by atoms with E-state index in [1.54, 1.807) is 12.1 Å². The quantitative estimate of drug-likeness (QED) is 0.787. The van der Waals surface area contributed by atoms with Crippen molar-refractivity contribution in [3.8, 4) is 0 Å². The maximum absolute atomic E-state index is 12.7. The Kier molecular flexibility index (Phi) is 4.82. The van der Waals surface area contributed by atoms with Gasteiger partial charge in [0.15, 0.2) is 0 Å². The molecule has 0 radical (unpaired) electrons. The number of amides is 1. The first-order chi connectivity index (χ1) is 11.7. The third-order valence-electron chi connectivity index (χ3n) is 5.43. The molecule has 1 amide bonds. The molecule has 1 aromatic rings. The van der Waals surface area contributed by atoms with Crippen LogP contribution in [0.25, 0.3) is 5.57 Å². The fourth-order valence-corrected chi connectivity index (χ4v) is 4.69. The number of hydrogen-bond donors (Lipinski definition) is 2. The van der Waals surface area contributed by atoms with Gasteiger partial charge in [-0.1, -0.05) is 23.2 Å². The highest BCUT2D eigenvalue weighted by atomic mass is 35.5. The molecule has 1 fully saturated rings. The predicted octanol–water partition coefficient (Wildman–Crippen LogP) is 4.81. The van der Waals surface area contributed by atoms with Gasteiger partial charge >= 0.3 is 0 Å². The van der Waals surface area contributed by atoms with Gasteiger partial charge < -0.3 is 15.2 Å². The number of halogens is 2. The molecular formula is C19H23Cl2NO3. The molecule has 2 N–H and O–H groups in total. The average molecular weight is 384 g/mol. The van der Waals surface area contributed by atoms with Crippen LogP contribution in [-0.4, -0.2) is 28.8 Å². The lowest BCUT2D eigenvalue weighted by atomic mass is 9.74. The van der Waals surface area contributed by atoms with E-state index in [4.69, 9.17) is 27.9 Å². The highest BCUT2D eigenvalue weighted by molar-refractivity contribution is 6.38. The Morgan fingerprint density at radius 2 is 1.88 bits per heavy atom. The maximum atomic E-state index is 12.7. The molecule has 1 spiro atoms. The molecule has 0 bridgehead atoms. The van der Waals surface area contributed by atoms with Crippen LogP contribution in [-0.2, 0) is 9.53 Å². The van der Waals surface area contributed by atoms with Crippen molar-refractivity contribution in [1.82, 2.24) is 5.32 Å². The number of carbonyl (C=O) groups excluding carboxylic acids is 1. The minimum atomic E-state index is -0.724. The SMILES string of the molecule is CCOC1(C)CCC2(CC1)NC(=O)C(c1c(C)cc(Cl)cc1Cl)=C2O. The molecule has 4 nitrogen and oxygen atoms in total. The second-order valence-corrected chi connectivity index (χ2v) is 8.07. The summed E-state index contributed by atoms with van der Waals surface area (Å²) in [7, 11) is 0. The minimum Gasteiger partial charge on any atom is -0.509 e. The molecule has 1 aliphatic carbocycles. The standard InChI is InChI=1S/C19H23Cl2NO3/c1-4-25-18(3)5-7-19(8-6-18)16(23)15(17(24)22-19)14-11(2)9-12(20)10-13(14)21/h9-10,23H,4-8H2,1-3H3,(H,22,24). The van der Waals surface area contributed by atoms with Crippen molar-refractivity contribution in [1.29, 1.82) is 0 Å². The van der Waals surface area contributed by atoms with Crippen molar-refractivity contribution in [3.63, 3.8) is 0 Å². The van der Waals surface area contributed by atoms with Crippen molar-refractivity contribution < 1.29 is 14.6 Å². The fourth-order valence-electron chi connectivity index (χ4n) is 4.00. The van der Waals surface area contributed by atoms with Gasteiger partial charge in [0, 0.05) is 17.2 Å². The average Bonchev–Trinajstić information content (AvgIpc) is 2.75. The molecule has 136 valence electrons. The fraction of sp³-hybridized carbons (Fsp3) is 0.526. The maximum Gasteiger partial charge on any atom is 0.256 e. The summed E-state index contributed by atoms with van der Waals surface area (Å²) in [6.07, 6.45) is 2.81. The van der Waals surface area contributed by atoms with Crippen molar-refractivity contribution in [2.24, 2.45) is 0 Å². The molecule has 1 heterocycles. The number of aliphatic hydroxyl groups excluding tert-OH is 1. The topological polar surface area (TPSA) is 58.6 Å². The second kappa shape index (κ2) is 6.49. The van der Waals surface area contributed by atoms with Gasteiger partial charge in [0.25, 0.3) is 5.91 Å². The lowest BCUT2D eigenvalue weighted by molar-refractivity contribution is -0.117. The van der Waals surface area contributed by atoms with E-state index in [1.165, 1.54) is 0 Å². The van der Waals surface area contributed by atoms with Gasteiger partial charge in [-0.2, -0.15) is 0 Å². The van der Waals surface area contributed by atoms with Gasteiger partial charge in [0.2, 0.25) is 0 Å². The lowest BCUT2D eigenvalue weighted by Crippen LogP contribution is -2.51. The molecule has 1 aliphatic heterocycles. The third kappa shape index (κ3) is 3.16. The number of aliphatic hydroxyl groups is 1. The highest BCUT2D eigenvalue weighted by Crippen LogP contribution is 2.46. The number of nitrogens with one attached hydrogen (secondary N) is 1. The lowest BCUT2D eigenvalue weighted by Gasteiger charge is -2.42. The Morgan fingerprint density at radius 1 is 1.24 bits per heavy atom. The Hall–Kier alpha value is -1.23. The normalized spacial score (nSPS) is 29.4. The van der Waals surface area contributed by atoms with Crippen molar-refractivity contribution in [2.45, 2.75) is 57.6 Å². The molecule has 25 heavy (non-hydrogen) atoms. The summed E-state index contributed by atoms with van der Waals surface area (Å²) in [5.41, 5.74) is 0.650. The van der Waals surface area contributed by atoms with Gasteiger partial charge in [-0.3, -0.25) is 4.79 Å². The summed E-state index contributed by atoms with van der Waals surface area (Å²) in [5.74, 6) is -0.201. The molecule has 3 rings (SSSR count). The van der Waals surface area contributed by atoms with E-state index in [-0.39, 0.29) is 22.8 Å². The van der Waals surface area contributed by atoms with Gasteiger partial charge in [0.1, 0.15) is 5.76 Å². The van der Waals surface area contributed by atoms with Gasteiger partial charge in [-0.15, -0.1) is 0 Å². The molecule has 0 unspecified atom stereocenters. The smallest absolute Gasteiger partial charge is 0.256 e. The number of hydrogen-bond acceptors (Lipinski definition) is 3. The van der Waals surface area contributed by atoms with E-state index >= 15 is 0 Å².